The molecule has 1 fully saturated rings. The van der Waals surface area contributed by atoms with Crippen LogP contribution in [0.2, 0.25) is 0 Å². The van der Waals surface area contributed by atoms with E-state index >= 15 is 0 Å². The largest absolute Gasteiger partial charge is 0.341 e. The Morgan fingerprint density at radius 1 is 1.53 bits per heavy atom. The molecule has 1 aliphatic heterocycles. The fraction of sp³-hybridized carbons (Fsp3) is 0.909. The lowest BCUT2D eigenvalue weighted by Gasteiger charge is -2.40. The van der Waals surface area contributed by atoms with Crippen molar-refractivity contribution in [1.82, 2.24) is 9.80 Å². The Hall–Kier alpha value is -0.280. The van der Waals surface area contributed by atoms with Crippen molar-refractivity contribution >= 4 is 17.5 Å². The average Bonchev–Trinajstić information content (AvgIpc) is 2.15. The molecule has 0 aromatic heterocycles. The monoisotopic (exact) mass is 232 g/mol. The summed E-state index contributed by atoms with van der Waals surface area (Å²) in [4.78, 5) is 15.8. The zero-order valence-electron chi connectivity index (χ0n) is 10.0. The summed E-state index contributed by atoms with van der Waals surface area (Å²) in [7, 11) is 4.20. The predicted molar refractivity (Wildman–Crippen MR) is 63.2 cm³/mol. The minimum atomic E-state index is -0.395. The van der Waals surface area contributed by atoms with Gasteiger partial charge in [-0.1, -0.05) is 6.92 Å². The van der Waals surface area contributed by atoms with E-state index in [0.717, 1.165) is 19.5 Å². The number of hydrogen-bond donors (Lipinski definition) is 0. The summed E-state index contributed by atoms with van der Waals surface area (Å²) in [5, 5.41) is -0.395. The Labute approximate surface area is 97.4 Å². The lowest BCUT2D eigenvalue weighted by Crippen LogP contribution is -2.51. The number of hydrogen-bond acceptors (Lipinski definition) is 2. The average molecular weight is 233 g/mol. The Balaban J connectivity index is 2.54. The summed E-state index contributed by atoms with van der Waals surface area (Å²) < 4.78 is 0. The van der Waals surface area contributed by atoms with Crippen LogP contribution >= 0.6 is 11.6 Å². The van der Waals surface area contributed by atoms with Gasteiger partial charge in [0.1, 0.15) is 5.38 Å². The zero-order valence-corrected chi connectivity index (χ0v) is 10.8. The number of rotatable bonds is 2. The second-order valence-electron chi connectivity index (χ2n) is 4.70. The van der Waals surface area contributed by atoms with Crippen LogP contribution in [0.1, 0.15) is 20.3 Å². The Kier molecular flexibility index (Phi) is 4.41. The van der Waals surface area contributed by atoms with Crippen molar-refractivity contribution < 1.29 is 4.79 Å². The smallest absolute Gasteiger partial charge is 0.240 e. The standard InChI is InChI=1S/C11H21ClN2O/c1-8-7-14(11(15)9(2)12)6-5-10(8)13(3)4/h8-10H,5-7H2,1-4H3. The first kappa shape index (κ1) is 12.8. The number of halogens is 1. The van der Waals surface area contributed by atoms with Crippen molar-refractivity contribution in [3.05, 3.63) is 0 Å². The highest BCUT2D eigenvalue weighted by Crippen LogP contribution is 2.21. The van der Waals surface area contributed by atoms with Gasteiger partial charge in [-0.2, -0.15) is 0 Å². The maximum Gasteiger partial charge on any atom is 0.240 e. The number of likely N-dealkylation sites (tertiary alicyclic amines) is 1. The number of carbonyl (C=O) groups excluding carboxylic acids is 1. The van der Waals surface area contributed by atoms with Gasteiger partial charge in [0, 0.05) is 19.1 Å². The molecule has 0 spiro atoms. The minimum absolute atomic E-state index is 0.0701. The van der Waals surface area contributed by atoms with Crippen LogP contribution in [-0.2, 0) is 4.79 Å². The normalized spacial score (nSPS) is 29.3. The minimum Gasteiger partial charge on any atom is -0.341 e. The van der Waals surface area contributed by atoms with Crippen LogP contribution in [0, 0.1) is 5.92 Å². The number of nitrogens with zero attached hydrogens (tertiary/aromatic N) is 2. The maximum absolute atomic E-state index is 11.7. The van der Waals surface area contributed by atoms with Gasteiger partial charge in [0.2, 0.25) is 5.91 Å². The van der Waals surface area contributed by atoms with Gasteiger partial charge < -0.3 is 9.80 Å². The molecule has 1 amide bonds. The van der Waals surface area contributed by atoms with Crippen LogP contribution in [0.5, 0.6) is 0 Å². The molecule has 0 N–H and O–H groups in total. The number of amides is 1. The van der Waals surface area contributed by atoms with Crippen molar-refractivity contribution in [2.24, 2.45) is 5.92 Å². The van der Waals surface area contributed by atoms with Crippen LogP contribution in [0.15, 0.2) is 0 Å². The highest BCUT2D eigenvalue weighted by atomic mass is 35.5. The molecule has 1 heterocycles. The predicted octanol–water partition coefficient (Wildman–Crippen LogP) is 1.41. The molecule has 3 unspecified atom stereocenters. The molecule has 0 aliphatic carbocycles. The van der Waals surface area contributed by atoms with Crippen molar-refractivity contribution in [3.63, 3.8) is 0 Å². The van der Waals surface area contributed by atoms with Gasteiger partial charge in [-0.15, -0.1) is 11.6 Å². The number of piperidine rings is 1. The third-order valence-corrected chi connectivity index (χ3v) is 3.36. The van der Waals surface area contributed by atoms with Crippen molar-refractivity contribution in [2.45, 2.75) is 31.7 Å². The van der Waals surface area contributed by atoms with E-state index in [4.69, 9.17) is 11.6 Å². The molecule has 1 aliphatic rings. The van der Waals surface area contributed by atoms with Crippen LogP contribution in [0.25, 0.3) is 0 Å². The molecular formula is C11H21ClN2O. The van der Waals surface area contributed by atoms with Crippen LogP contribution in [-0.4, -0.2) is 54.3 Å². The molecule has 3 nitrogen and oxygen atoms in total. The van der Waals surface area contributed by atoms with E-state index in [2.05, 4.69) is 25.9 Å². The summed E-state index contributed by atoms with van der Waals surface area (Å²) in [5.74, 6) is 0.592. The van der Waals surface area contributed by atoms with Gasteiger partial charge in [0.05, 0.1) is 0 Å². The van der Waals surface area contributed by atoms with E-state index in [9.17, 15) is 4.79 Å². The third-order valence-electron chi connectivity index (χ3n) is 3.18. The molecule has 15 heavy (non-hydrogen) atoms. The fourth-order valence-corrected chi connectivity index (χ4v) is 2.49. The van der Waals surface area contributed by atoms with Gasteiger partial charge in [0.25, 0.3) is 0 Å². The fourth-order valence-electron chi connectivity index (χ4n) is 2.35. The van der Waals surface area contributed by atoms with E-state index in [1.54, 1.807) is 6.92 Å². The first-order valence-electron chi connectivity index (χ1n) is 5.52. The van der Waals surface area contributed by atoms with Gasteiger partial charge in [0.15, 0.2) is 0 Å². The van der Waals surface area contributed by atoms with E-state index in [1.165, 1.54) is 0 Å². The van der Waals surface area contributed by atoms with Crippen molar-refractivity contribution in [3.8, 4) is 0 Å². The molecule has 1 saturated heterocycles. The van der Waals surface area contributed by atoms with E-state index in [0.29, 0.717) is 12.0 Å². The molecule has 0 saturated carbocycles. The molecule has 0 aromatic rings. The molecule has 0 bridgehead atoms. The molecule has 3 atom stereocenters. The summed E-state index contributed by atoms with van der Waals surface area (Å²) >= 11 is 5.81. The van der Waals surface area contributed by atoms with Gasteiger partial charge in [-0.25, -0.2) is 0 Å². The van der Waals surface area contributed by atoms with Crippen LogP contribution in [0.4, 0.5) is 0 Å². The molecule has 0 aromatic carbocycles. The van der Waals surface area contributed by atoms with Crippen LogP contribution in [0.3, 0.4) is 0 Å². The first-order valence-corrected chi connectivity index (χ1v) is 5.96. The van der Waals surface area contributed by atoms with Gasteiger partial charge >= 0.3 is 0 Å². The Morgan fingerprint density at radius 3 is 2.53 bits per heavy atom. The van der Waals surface area contributed by atoms with E-state index in [1.807, 2.05) is 4.90 Å². The molecule has 1 rings (SSSR count). The van der Waals surface area contributed by atoms with Gasteiger partial charge in [-0.05, 0) is 33.4 Å². The maximum atomic E-state index is 11.7. The second-order valence-corrected chi connectivity index (χ2v) is 5.35. The lowest BCUT2D eigenvalue weighted by atomic mass is 9.93. The van der Waals surface area contributed by atoms with E-state index < -0.39 is 5.38 Å². The summed E-state index contributed by atoms with van der Waals surface area (Å²) in [6.45, 7) is 5.61. The molecular weight excluding hydrogens is 212 g/mol. The topological polar surface area (TPSA) is 23.6 Å². The Bertz CT molecular complexity index is 231. The first-order chi connectivity index (χ1) is 6.93. The SMILES string of the molecule is CC(Cl)C(=O)N1CCC(N(C)C)C(C)C1. The Morgan fingerprint density at radius 2 is 2.13 bits per heavy atom. The van der Waals surface area contributed by atoms with Gasteiger partial charge in [-0.3, -0.25) is 4.79 Å². The molecule has 88 valence electrons. The number of carbonyl (C=O) groups is 1. The summed E-state index contributed by atoms with van der Waals surface area (Å²) in [6.07, 6.45) is 1.05. The highest BCUT2D eigenvalue weighted by molar-refractivity contribution is 6.30. The zero-order chi connectivity index (χ0) is 11.6. The van der Waals surface area contributed by atoms with Crippen LogP contribution < -0.4 is 0 Å². The summed E-state index contributed by atoms with van der Waals surface area (Å²) in [5.41, 5.74) is 0. The number of alkyl halides is 1. The third kappa shape index (κ3) is 3.08. The molecule has 4 heteroatoms. The quantitative estimate of drug-likeness (QED) is 0.673. The van der Waals surface area contributed by atoms with Crippen molar-refractivity contribution in [1.29, 1.82) is 0 Å². The summed E-state index contributed by atoms with van der Waals surface area (Å²) in [6, 6.07) is 0.583. The van der Waals surface area contributed by atoms with E-state index in [-0.39, 0.29) is 5.91 Å². The second kappa shape index (κ2) is 5.17. The highest BCUT2D eigenvalue weighted by Gasteiger charge is 2.30. The van der Waals surface area contributed by atoms with Crippen molar-refractivity contribution in [2.75, 3.05) is 27.2 Å². The molecule has 0 radical (unpaired) electrons. The lowest BCUT2D eigenvalue weighted by molar-refractivity contribution is -0.133.